The number of aryl methyl sites for hydroxylation is 2. The molecule has 0 saturated carbocycles. The van der Waals surface area contributed by atoms with Gasteiger partial charge in [0.05, 0.1) is 5.92 Å². The first-order chi connectivity index (χ1) is 11.9. The van der Waals surface area contributed by atoms with Gasteiger partial charge in [-0.25, -0.2) is 0 Å². The molecule has 3 rings (SSSR count). The second kappa shape index (κ2) is 7.40. The summed E-state index contributed by atoms with van der Waals surface area (Å²) in [7, 11) is 0. The van der Waals surface area contributed by atoms with E-state index in [1.165, 1.54) is 0 Å². The van der Waals surface area contributed by atoms with Crippen molar-refractivity contribution in [3.63, 3.8) is 0 Å². The summed E-state index contributed by atoms with van der Waals surface area (Å²) in [5.41, 5.74) is 4.00. The molecule has 1 heterocycles. The second-order valence-electron chi connectivity index (χ2n) is 6.57. The number of benzene rings is 2. The largest absolute Gasteiger partial charge is 0.338 e. The van der Waals surface area contributed by atoms with Gasteiger partial charge in [-0.1, -0.05) is 46.3 Å². The molecule has 2 aromatic rings. The van der Waals surface area contributed by atoms with Crippen LogP contribution in [0.2, 0.25) is 0 Å². The Bertz CT molecular complexity index is 782. The lowest BCUT2D eigenvalue weighted by molar-refractivity contribution is -0.128. The summed E-state index contributed by atoms with van der Waals surface area (Å²) >= 11 is 3.53. The van der Waals surface area contributed by atoms with Gasteiger partial charge in [0.2, 0.25) is 11.8 Å². The second-order valence-corrected chi connectivity index (χ2v) is 7.37. The summed E-state index contributed by atoms with van der Waals surface area (Å²) in [6.45, 7) is 5.01. The van der Waals surface area contributed by atoms with Crippen LogP contribution in [-0.4, -0.2) is 23.3 Å². The predicted molar refractivity (Wildman–Crippen MR) is 102 cm³/mol. The first-order valence-electron chi connectivity index (χ1n) is 8.33. The smallest absolute Gasteiger partial charge is 0.229 e. The molecule has 1 saturated heterocycles. The van der Waals surface area contributed by atoms with Crippen molar-refractivity contribution in [1.82, 2.24) is 4.90 Å². The lowest BCUT2D eigenvalue weighted by Crippen LogP contribution is -2.28. The standard InChI is InChI=1S/C20H21BrN2O2/c1-13-8-17(9-14(2)19(13)21)22-20(25)16-10-18(24)23(12-16)11-15-6-4-3-5-7-15/h3-9,16H,10-12H2,1-2H3,(H,22,25)/t16-/m1/s1. The molecule has 5 heteroatoms. The van der Waals surface area contributed by atoms with Gasteiger partial charge in [-0.15, -0.1) is 0 Å². The number of carbonyl (C=O) groups is 2. The van der Waals surface area contributed by atoms with Crippen LogP contribution in [0.3, 0.4) is 0 Å². The zero-order chi connectivity index (χ0) is 18.0. The van der Waals surface area contributed by atoms with Crippen molar-refractivity contribution >= 4 is 33.4 Å². The number of amides is 2. The average molecular weight is 401 g/mol. The SMILES string of the molecule is Cc1cc(NC(=O)[C@@H]2CC(=O)N(Cc3ccccc3)C2)cc(C)c1Br. The number of rotatable bonds is 4. The number of likely N-dealkylation sites (tertiary alicyclic amines) is 1. The molecule has 25 heavy (non-hydrogen) atoms. The van der Waals surface area contributed by atoms with Gasteiger partial charge in [0, 0.05) is 29.7 Å². The molecule has 1 N–H and O–H groups in total. The van der Waals surface area contributed by atoms with Crippen molar-refractivity contribution in [2.45, 2.75) is 26.8 Å². The molecule has 0 radical (unpaired) electrons. The number of nitrogens with zero attached hydrogens (tertiary/aromatic N) is 1. The van der Waals surface area contributed by atoms with Gasteiger partial charge in [0.25, 0.3) is 0 Å². The van der Waals surface area contributed by atoms with Crippen LogP contribution < -0.4 is 5.32 Å². The van der Waals surface area contributed by atoms with Crippen LogP contribution >= 0.6 is 15.9 Å². The zero-order valence-electron chi connectivity index (χ0n) is 14.4. The number of hydrogen-bond donors (Lipinski definition) is 1. The minimum Gasteiger partial charge on any atom is -0.338 e. The third kappa shape index (κ3) is 4.10. The van der Waals surface area contributed by atoms with E-state index in [1.54, 1.807) is 4.90 Å². The van der Waals surface area contributed by atoms with Crippen molar-refractivity contribution in [3.05, 3.63) is 63.6 Å². The fourth-order valence-corrected chi connectivity index (χ4v) is 3.40. The highest BCUT2D eigenvalue weighted by Crippen LogP contribution is 2.26. The van der Waals surface area contributed by atoms with Crippen molar-refractivity contribution in [3.8, 4) is 0 Å². The van der Waals surface area contributed by atoms with Gasteiger partial charge in [0.1, 0.15) is 0 Å². The van der Waals surface area contributed by atoms with Crippen LogP contribution in [0.15, 0.2) is 46.9 Å². The number of anilines is 1. The summed E-state index contributed by atoms with van der Waals surface area (Å²) in [5.74, 6) is -0.363. The Balaban J connectivity index is 1.65. The number of carbonyl (C=O) groups excluding carboxylic acids is 2. The Morgan fingerprint density at radius 2 is 1.84 bits per heavy atom. The normalized spacial score (nSPS) is 17.0. The van der Waals surface area contributed by atoms with Gasteiger partial charge in [-0.2, -0.15) is 0 Å². The van der Waals surface area contributed by atoms with Crippen LogP contribution in [0.1, 0.15) is 23.1 Å². The molecule has 0 spiro atoms. The van der Waals surface area contributed by atoms with Crippen LogP contribution in [-0.2, 0) is 16.1 Å². The molecule has 2 amide bonds. The Labute approximate surface area is 156 Å². The van der Waals surface area contributed by atoms with Crippen molar-refractivity contribution in [2.24, 2.45) is 5.92 Å². The molecule has 4 nitrogen and oxygen atoms in total. The fourth-order valence-electron chi connectivity index (χ4n) is 3.17. The van der Waals surface area contributed by atoms with E-state index in [4.69, 9.17) is 0 Å². The number of halogens is 1. The highest BCUT2D eigenvalue weighted by atomic mass is 79.9. The third-order valence-corrected chi connectivity index (χ3v) is 5.76. The Kier molecular flexibility index (Phi) is 5.23. The van der Waals surface area contributed by atoms with E-state index < -0.39 is 0 Å². The summed E-state index contributed by atoms with van der Waals surface area (Å²) in [6, 6.07) is 13.7. The maximum atomic E-state index is 12.6. The molecule has 2 aromatic carbocycles. The lowest BCUT2D eigenvalue weighted by atomic mass is 10.1. The van der Waals surface area contributed by atoms with Crippen LogP contribution in [0.4, 0.5) is 5.69 Å². The van der Waals surface area contributed by atoms with Gasteiger partial charge in [0.15, 0.2) is 0 Å². The molecule has 0 aliphatic carbocycles. The van der Waals surface area contributed by atoms with Gasteiger partial charge < -0.3 is 10.2 Å². The van der Waals surface area contributed by atoms with E-state index in [-0.39, 0.29) is 24.2 Å². The van der Waals surface area contributed by atoms with Crippen LogP contribution in [0.5, 0.6) is 0 Å². The van der Waals surface area contributed by atoms with Gasteiger partial charge in [-0.3, -0.25) is 9.59 Å². The number of nitrogens with one attached hydrogen (secondary N) is 1. The van der Waals surface area contributed by atoms with E-state index in [9.17, 15) is 9.59 Å². The van der Waals surface area contributed by atoms with E-state index in [0.29, 0.717) is 13.1 Å². The molecule has 1 atom stereocenters. The maximum absolute atomic E-state index is 12.6. The van der Waals surface area contributed by atoms with Crippen molar-refractivity contribution in [2.75, 3.05) is 11.9 Å². The molecular formula is C20H21BrN2O2. The van der Waals surface area contributed by atoms with E-state index in [0.717, 1.165) is 26.9 Å². The Morgan fingerprint density at radius 3 is 2.48 bits per heavy atom. The maximum Gasteiger partial charge on any atom is 0.229 e. The molecule has 0 unspecified atom stereocenters. The fraction of sp³-hybridized carbons (Fsp3) is 0.300. The van der Waals surface area contributed by atoms with Gasteiger partial charge >= 0.3 is 0 Å². The summed E-state index contributed by atoms with van der Waals surface area (Å²) in [6.07, 6.45) is 0.271. The summed E-state index contributed by atoms with van der Waals surface area (Å²) < 4.78 is 1.05. The van der Waals surface area contributed by atoms with E-state index in [2.05, 4.69) is 21.2 Å². The highest BCUT2D eigenvalue weighted by Gasteiger charge is 2.34. The molecule has 1 aliphatic rings. The minimum absolute atomic E-state index is 0.0344. The zero-order valence-corrected chi connectivity index (χ0v) is 16.0. The highest BCUT2D eigenvalue weighted by molar-refractivity contribution is 9.10. The van der Waals surface area contributed by atoms with Gasteiger partial charge in [-0.05, 0) is 42.7 Å². The quantitative estimate of drug-likeness (QED) is 0.841. The predicted octanol–water partition coefficient (Wildman–Crippen LogP) is 4.05. The first kappa shape index (κ1) is 17.7. The Hall–Kier alpha value is -2.14. The minimum atomic E-state index is -0.305. The van der Waals surface area contributed by atoms with Crippen molar-refractivity contribution < 1.29 is 9.59 Å². The monoisotopic (exact) mass is 400 g/mol. The molecule has 1 fully saturated rings. The molecular weight excluding hydrogens is 380 g/mol. The summed E-state index contributed by atoms with van der Waals surface area (Å²) in [5, 5.41) is 2.96. The number of hydrogen-bond acceptors (Lipinski definition) is 2. The third-order valence-electron chi connectivity index (χ3n) is 4.51. The van der Waals surface area contributed by atoms with Crippen LogP contribution in [0, 0.1) is 19.8 Å². The topological polar surface area (TPSA) is 49.4 Å². The lowest BCUT2D eigenvalue weighted by Gasteiger charge is -2.17. The first-order valence-corrected chi connectivity index (χ1v) is 9.12. The van der Waals surface area contributed by atoms with Crippen molar-refractivity contribution in [1.29, 1.82) is 0 Å². The molecule has 0 bridgehead atoms. The molecule has 1 aliphatic heterocycles. The molecule has 130 valence electrons. The summed E-state index contributed by atoms with van der Waals surface area (Å²) in [4.78, 5) is 26.6. The molecule has 0 aromatic heterocycles. The average Bonchev–Trinajstić information content (AvgIpc) is 2.94. The van der Waals surface area contributed by atoms with E-state index in [1.807, 2.05) is 56.3 Å². The van der Waals surface area contributed by atoms with Crippen LogP contribution in [0.25, 0.3) is 0 Å². The Morgan fingerprint density at radius 1 is 1.20 bits per heavy atom. The van der Waals surface area contributed by atoms with E-state index >= 15 is 0 Å².